The third-order valence-electron chi connectivity index (χ3n) is 4.69. The van der Waals surface area contributed by atoms with Crippen LogP contribution in [-0.4, -0.2) is 32.3 Å². The number of benzene rings is 1. The van der Waals surface area contributed by atoms with Gasteiger partial charge in [0.15, 0.2) is 11.5 Å². The van der Waals surface area contributed by atoms with Crippen LogP contribution in [0.15, 0.2) is 42.7 Å². The molecule has 1 aromatic heterocycles. The van der Waals surface area contributed by atoms with Gasteiger partial charge in [-0.3, -0.25) is 4.98 Å². The lowest BCUT2D eigenvalue weighted by molar-refractivity contribution is 0.337. The second-order valence-corrected chi connectivity index (χ2v) is 5.96. The van der Waals surface area contributed by atoms with Crippen molar-refractivity contribution in [1.82, 2.24) is 10.3 Å². The van der Waals surface area contributed by atoms with E-state index >= 15 is 0 Å². The van der Waals surface area contributed by atoms with Gasteiger partial charge in [-0.25, -0.2) is 0 Å². The standard InChI is InChI=1S/C19H24N2O2/c1-22-17-4-3-16(13-18(17)23-2)19(14-5-9-20-10-6-14)15-7-11-21-12-8-15/h3-6,9-10,13,15,19,21H,7-8,11-12H2,1-2H3. The Labute approximate surface area is 137 Å². The van der Waals surface area contributed by atoms with E-state index in [0.29, 0.717) is 11.8 Å². The summed E-state index contributed by atoms with van der Waals surface area (Å²) < 4.78 is 10.9. The Kier molecular flexibility index (Phi) is 5.13. The highest BCUT2D eigenvalue weighted by Crippen LogP contribution is 2.39. The summed E-state index contributed by atoms with van der Waals surface area (Å²) in [4.78, 5) is 4.17. The van der Waals surface area contributed by atoms with Crippen LogP contribution >= 0.6 is 0 Å². The van der Waals surface area contributed by atoms with Gasteiger partial charge in [-0.2, -0.15) is 0 Å². The molecule has 1 atom stereocenters. The normalized spacial score (nSPS) is 16.8. The zero-order valence-corrected chi connectivity index (χ0v) is 13.8. The maximum atomic E-state index is 5.50. The number of hydrogen-bond donors (Lipinski definition) is 1. The molecule has 2 aromatic rings. The number of rotatable bonds is 5. The van der Waals surface area contributed by atoms with E-state index in [1.807, 2.05) is 18.5 Å². The van der Waals surface area contributed by atoms with Gasteiger partial charge in [-0.15, -0.1) is 0 Å². The average molecular weight is 312 g/mol. The number of hydrogen-bond acceptors (Lipinski definition) is 4. The highest BCUT2D eigenvalue weighted by Gasteiger charge is 2.27. The minimum atomic E-state index is 0.361. The number of aromatic nitrogens is 1. The molecule has 1 N–H and O–H groups in total. The summed E-state index contributed by atoms with van der Waals surface area (Å²) in [5.74, 6) is 2.55. The van der Waals surface area contributed by atoms with Crippen LogP contribution in [0.1, 0.15) is 29.9 Å². The fourth-order valence-corrected chi connectivity index (χ4v) is 3.53. The van der Waals surface area contributed by atoms with E-state index in [1.165, 1.54) is 24.0 Å². The van der Waals surface area contributed by atoms with E-state index < -0.39 is 0 Å². The Bertz CT molecular complexity index is 625. The number of ether oxygens (including phenoxy) is 2. The summed E-state index contributed by atoms with van der Waals surface area (Å²) in [6.45, 7) is 2.17. The van der Waals surface area contributed by atoms with Crippen molar-refractivity contribution in [3.05, 3.63) is 53.9 Å². The Hall–Kier alpha value is -2.07. The molecule has 0 amide bonds. The van der Waals surface area contributed by atoms with Crippen LogP contribution in [0.4, 0.5) is 0 Å². The zero-order valence-electron chi connectivity index (χ0n) is 13.8. The summed E-state index contributed by atoms with van der Waals surface area (Å²) in [6.07, 6.45) is 6.12. The van der Waals surface area contributed by atoms with Gasteiger partial charge in [0.25, 0.3) is 0 Å². The SMILES string of the molecule is COc1ccc(C(c2ccncc2)C2CCNCC2)cc1OC. The van der Waals surface area contributed by atoms with Gasteiger partial charge in [0.05, 0.1) is 14.2 Å². The molecule has 4 heteroatoms. The van der Waals surface area contributed by atoms with Crippen LogP contribution in [0.5, 0.6) is 11.5 Å². The van der Waals surface area contributed by atoms with Crippen molar-refractivity contribution in [2.45, 2.75) is 18.8 Å². The second kappa shape index (κ2) is 7.47. The van der Waals surface area contributed by atoms with Gasteiger partial charge in [-0.05, 0) is 67.2 Å². The second-order valence-electron chi connectivity index (χ2n) is 5.96. The fourth-order valence-electron chi connectivity index (χ4n) is 3.53. The van der Waals surface area contributed by atoms with E-state index in [4.69, 9.17) is 9.47 Å². The van der Waals surface area contributed by atoms with Crippen molar-refractivity contribution in [3.63, 3.8) is 0 Å². The molecule has 4 nitrogen and oxygen atoms in total. The van der Waals surface area contributed by atoms with Crippen molar-refractivity contribution < 1.29 is 9.47 Å². The Morgan fingerprint density at radius 3 is 2.30 bits per heavy atom. The van der Waals surface area contributed by atoms with Gasteiger partial charge in [0, 0.05) is 18.3 Å². The quantitative estimate of drug-likeness (QED) is 0.920. The average Bonchev–Trinajstić information content (AvgIpc) is 2.63. The van der Waals surface area contributed by atoms with Gasteiger partial charge < -0.3 is 14.8 Å². The lowest BCUT2D eigenvalue weighted by Gasteiger charge is -2.31. The van der Waals surface area contributed by atoms with Crippen molar-refractivity contribution in [2.24, 2.45) is 5.92 Å². The summed E-state index contributed by atoms with van der Waals surface area (Å²) in [7, 11) is 3.36. The van der Waals surface area contributed by atoms with Crippen LogP contribution in [0.3, 0.4) is 0 Å². The molecule has 1 aromatic carbocycles. The first-order chi connectivity index (χ1) is 11.3. The van der Waals surface area contributed by atoms with Crippen molar-refractivity contribution in [1.29, 1.82) is 0 Å². The minimum Gasteiger partial charge on any atom is -0.493 e. The molecule has 0 bridgehead atoms. The van der Waals surface area contributed by atoms with E-state index in [-0.39, 0.29) is 0 Å². The number of nitrogens with zero attached hydrogens (tertiary/aromatic N) is 1. The largest absolute Gasteiger partial charge is 0.493 e. The first kappa shape index (κ1) is 15.8. The molecule has 122 valence electrons. The molecule has 1 aliphatic heterocycles. The van der Waals surface area contributed by atoms with Crippen LogP contribution in [0.25, 0.3) is 0 Å². The Balaban J connectivity index is 2.01. The molecule has 0 radical (unpaired) electrons. The first-order valence-electron chi connectivity index (χ1n) is 8.16. The topological polar surface area (TPSA) is 43.4 Å². The third-order valence-corrected chi connectivity index (χ3v) is 4.69. The maximum absolute atomic E-state index is 5.50. The van der Waals surface area contributed by atoms with E-state index in [0.717, 1.165) is 24.6 Å². The van der Waals surface area contributed by atoms with Crippen molar-refractivity contribution >= 4 is 0 Å². The number of piperidine rings is 1. The molecule has 0 saturated carbocycles. The molecule has 1 saturated heterocycles. The van der Waals surface area contributed by atoms with Gasteiger partial charge in [0.2, 0.25) is 0 Å². The van der Waals surface area contributed by atoms with Crippen LogP contribution in [-0.2, 0) is 0 Å². The van der Waals surface area contributed by atoms with Crippen LogP contribution in [0, 0.1) is 5.92 Å². The third kappa shape index (κ3) is 3.48. The molecular formula is C19H24N2O2. The number of methoxy groups -OCH3 is 2. The summed E-state index contributed by atoms with van der Waals surface area (Å²) in [5, 5.41) is 3.46. The van der Waals surface area contributed by atoms with E-state index in [1.54, 1.807) is 14.2 Å². The van der Waals surface area contributed by atoms with Crippen molar-refractivity contribution in [2.75, 3.05) is 27.3 Å². The van der Waals surface area contributed by atoms with Gasteiger partial charge in [-0.1, -0.05) is 6.07 Å². The highest BCUT2D eigenvalue weighted by molar-refractivity contribution is 5.46. The number of nitrogens with one attached hydrogen (secondary N) is 1. The van der Waals surface area contributed by atoms with E-state index in [2.05, 4.69) is 34.6 Å². The smallest absolute Gasteiger partial charge is 0.161 e. The molecular weight excluding hydrogens is 288 g/mol. The van der Waals surface area contributed by atoms with Gasteiger partial charge in [0.1, 0.15) is 0 Å². The molecule has 23 heavy (non-hydrogen) atoms. The lowest BCUT2D eigenvalue weighted by Crippen LogP contribution is -2.31. The predicted molar refractivity (Wildman–Crippen MR) is 91.2 cm³/mol. The summed E-state index contributed by atoms with van der Waals surface area (Å²) >= 11 is 0. The monoisotopic (exact) mass is 312 g/mol. The lowest BCUT2D eigenvalue weighted by atomic mass is 9.76. The molecule has 1 aliphatic rings. The zero-order chi connectivity index (χ0) is 16.1. The molecule has 0 spiro atoms. The first-order valence-corrected chi connectivity index (χ1v) is 8.16. The van der Waals surface area contributed by atoms with E-state index in [9.17, 15) is 0 Å². The van der Waals surface area contributed by atoms with Gasteiger partial charge >= 0.3 is 0 Å². The summed E-state index contributed by atoms with van der Waals surface area (Å²) in [6, 6.07) is 10.5. The molecule has 2 heterocycles. The maximum Gasteiger partial charge on any atom is 0.161 e. The molecule has 1 fully saturated rings. The van der Waals surface area contributed by atoms with Crippen LogP contribution in [0.2, 0.25) is 0 Å². The Morgan fingerprint density at radius 2 is 1.65 bits per heavy atom. The summed E-state index contributed by atoms with van der Waals surface area (Å²) in [5.41, 5.74) is 2.60. The minimum absolute atomic E-state index is 0.361. The highest BCUT2D eigenvalue weighted by atomic mass is 16.5. The predicted octanol–water partition coefficient (Wildman–Crippen LogP) is 3.23. The van der Waals surface area contributed by atoms with Crippen molar-refractivity contribution in [3.8, 4) is 11.5 Å². The van der Waals surface area contributed by atoms with Crippen LogP contribution < -0.4 is 14.8 Å². The number of pyridine rings is 1. The molecule has 3 rings (SSSR count). The molecule has 1 unspecified atom stereocenters. The Morgan fingerprint density at radius 1 is 0.957 bits per heavy atom. The fraction of sp³-hybridized carbons (Fsp3) is 0.421. The molecule has 0 aliphatic carbocycles.